The molecule has 2 aromatic carbocycles. The number of ether oxygens (including phenoxy) is 3. The molecule has 1 aliphatic heterocycles. The molecule has 2 aromatic heterocycles. The van der Waals surface area contributed by atoms with Crippen molar-refractivity contribution in [3.8, 4) is 34.2 Å². The molecular weight excluding hydrogens is 414 g/mol. The van der Waals surface area contributed by atoms with Gasteiger partial charge in [0.25, 0.3) is 11.8 Å². The first-order valence-electron chi connectivity index (χ1n) is 10.0. The van der Waals surface area contributed by atoms with E-state index in [1.165, 1.54) is 0 Å². The molecule has 0 radical (unpaired) electrons. The third kappa shape index (κ3) is 3.68. The van der Waals surface area contributed by atoms with Gasteiger partial charge in [-0.05, 0) is 26.0 Å². The second kappa shape index (κ2) is 8.18. The fourth-order valence-corrected chi connectivity index (χ4v) is 3.42. The number of aromatic nitrogens is 3. The first-order valence-corrected chi connectivity index (χ1v) is 10.0. The van der Waals surface area contributed by atoms with E-state index in [-0.39, 0.29) is 18.4 Å². The van der Waals surface area contributed by atoms with E-state index in [1.807, 2.05) is 36.4 Å². The zero-order valence-electron chi connectivity index (χ0n) is 17.3. The van der Waals surface area contributed by atoms with E-state index in [2.05, 4.69) is 15.4 Å². The molecule has 0 saturated heterocycles. The van der Waals surface area contributed by atoms with Gasteiger partial charge in [-0.15, -0.1) is 10.2 Å². The van der Waals surface area contributed by atoms with Crippen LogP contribution >= 0.6 is 0 Å². The number of rotatable bonds is 5. The van der Waals surface area contributed by atoms with Crippen molar-refractivity contribution in [1.29, 1.82) is 0 Å². The normalized spacial score (nSPS) is 17.2. The topological polar surface area (TPSA) is 110 Å². The summed E-state index contributed by atoms with van der Waals surface area (Å²) in [5, 5.41) is 12.2. The van der Waals surface area contributed by atoms with Crippen LogP contribution in [0.25, 0.3) is 22.7 Å². The predicted octanol–water partition coefficient (Wildman–Crippen LogP) is 3.97. The summed E-state index contributed by atoms with van der Waals surface area (Å²) >= 11 is 0. The number of benzene rings is 2. The molecule has 0 saturated carbocycles. The lowest BCUT2D eigenvalue weighted by Crippen LogP contribution is -2.44. The largest absolute Gasteiger partial charge is 0.482 e. The highest BCUT2D eigenvalue weighted by Gasteiger charge is 2.35. The summed E-state index contributed by atoms with van der Waals surface area (Å²) in [5.41, 5.74) is 2.04. The molecule has 0 spiro atoms. The van der Waals surface area contributed by atoms with Crippen LogP contribution in [0.3, 0.4) is 0 Å². The summed E-state index contributed by atoms with van der Waals surface area (Å²) in [6, 6.07) is 16.7. The van der Waals surface area contributed by atoms with Crippen molar-refractivity contribution < 1.29 is 27.9 Å². The highest BCUT2D eigenvalue weighted by atomic mass is 16.6. The highest BCUT2D eigenvalue weighted by molar-refractivity contribution is 5.78. The lowest BCUT2D eigenvalue weighted by atomic mass is 10.1. The number of esters is 1. The monoisotopic (exact) mass is 433 g/mol. The quantitative estimate of drug-likeness (QED) is 0.432. The molecule has 0 unspecified atom stereocenters. The Hall–Kier alpha value is -4.14. The van der Waals surface area contributed by atoms with Crippen LogP contribution < -0.4 is 9.47 Å². The van der Waals surface area contributed by atoms with Crippen LogP contribution in [0.4, 0.5) is 0 Å². The van der Waals surface area contributed by atoms with Crippen LogP contribution in [0.1, 0.15) is 18.6 Å². The van der Waals surface area contributed by atoms with Crippen molar-refractivity contribution in [3.63, 3.8) is 0 Å². The van der Waals surface area contributed by atoms with Gasteiger partial charge < -0.3 is 23.2 Å². The molecular formula is C23H19N3O6. The fourth-order valence-electron chi connectivity index (χ4n) is 3.42. The Balaban J connectivity index is 1.29. The summed E-state index contributed by atoms with van der Waals surface area (Å²) in [7, 11) is 0. The van der Waals surface area contributed by atoms with Gasteiger partial charge in [0, 0.05) is 5.56 Å². The van der Waals surface area contributed by atoms with Gasteiger partial charge in [0.05, 0.1) is 0 Å². The van der Waals surface area contributed by atoms with Crippen molar-refractivity contribution in [2.75, 3.05) is 0 Å². The number of carbonyl (C=O) groups is 1. The van der Waals surface area contributed by atoms with Gasteiger partial charge in [-0.25, -0.2) is 4.79 Å². The molecule has 2 atom stereocenters. The third-order valence-electron chi connectivity index (χ3n) is 5.00. The summed E-state index contributed by atoms with van der Waals surface area (Å²) in [6.45, 7) is 3.30. The van der Waals surface area contributed by atoms with Gasteiger partial charge in [-0.3, -0.25) is 0 Å². The molecule has 3 heterocycles. The minimum atomic E-state index is -0.905. The van der Waals surface area contributed by atoms with Crippen molar-refractivity contribution in [1.82, 2.24) is 15.4 Å². The number of para-hydroxylation sites is 2. The maximum absolute atomic E-state index is 12.6. The average molecular weight is 433 g/mol. The number of nitrogens with zero attached hydrogens (tertiary/aromatic N) is 3. The van der Waals surface area contributed by atoms with E-state index in [1.54, 1.807) is 32.0 Å². The number of carbonyl (C=O) groups excluding carboxylic acids is 1. The first kappa shape index (κ1) is 19.8. The number of fused-ring (bicyclic) bond motifs is 1. The molecule has 5 rings (SSSR count). The van der Waals surface area contributed by atoms with Crippen LogP contribution in [0.2, 0.25) is 0 Å². The van der Waals surface area contributed by atoms with Crippen LogP contribution in [0.15, 0.2) is 63.5 Å². The number of hydrogen-bond acceptors (Lipinski definition) is 9. The zero-order valence-corrected chi connectivity index (χ0v) is 17.3. The van der Waals surface area contributed by atoms with Crippen LogP contribution in [0.5, 0.6) is 11.5 Å². The Labute approximate surface area is 182 Å². The number of aryl methyl sites for hydroxylation is 1. The summed E-state index contributed by atoms with van der Waals surface area (Å²) in [5.74, 6) is 1.40. The Bertz CT molecular complexity index is 1250. The van der Waals surface area contributed by atoms with E-state index in [0.29, 0.717) is 28.5 Å². The van der Waals surface area contributed by atoms with Gasteiger partial charge in [0.15, 0.2) is 18.1 Å². The van der Waals surface area contributed by atoms with Gasteiger partial charge in [-0.1, -0.05) is 47.6 Å². The molecule has 0 amide bonds. The molecule has 4 aromatic rings. The van der Waals surface area contributed by atoms with Crippen molar-refractivity contribution in [3.05, 3.63) is 66.2 Å². The van der Waals surface area contributed by atoms with Gasteiger partial charge in [0.1, 0.15) is 23.1 Å². The van der Waals surface area contributed by atoms with Gasteiger partial charge in [-0.2, -0.15) is 0 Å². The molecule has 9 heteroatoms. The van der Waals surface area contributed by atoms with E-state index < -0.39 is 18.2 Å². The van der Waals surface area contributed by atoms with Crippen molar-refractivity contribution in [2.45, 2.75) is 32.7 Å². The first-order chi connectivity index (χ1) is 15.6. The van der Waals surface area contributed by atoms with Gasteiger partial charge in [0.2, 0.25) is 6.10 Å². The summed E-state index contributed by atoms with van der Waals surface area (Å²) < 4.78 is 27.9. The smallest absolute Gasteiger partial charge is 0.351 e. The molecule has 0 bridgehead atoms. The van der Waals surface area contributed by atoms with E-state index in [9.17, 15) is 4.79 Å². The molecule has 0 fully saturated rings. The minimum absolute atomic E-state index is 0.137. The van der Waals surface area contributed by atoms with Crippen LogP contribution in [-0.2, 0) is 16.1 Å². The minimum Gasteiger partial charge on any atom is -0.482 e. The summed E-state index contributed by atoms with van der Waals surface area (Å²) in [6.07, 6.45) is -1.42. The SMILES string of the molecule is Cc1onc(-c2ccccc2)c1-c1nnc(COC(=O)[C@H]2Oc3ccccc3O[C@H]2C)o1. The maximum Gasteiger partial charge on any atom is 0.351 e. The Morgan fingerprint density at radius 2 is 1.72 bits per heavy atom. The van der Waals surface area contributed by atoms with Crippen LogP contribution in [0, 0.1) is 6.92 Å². The third-order valence-corrected chi connectivity index (χ3v) is 5.00. The molecule has 162 valence electrons. The lowest BCUT2D eigenvalue weighted by Gasteiger charge is -2.30. The second-order valence-electron chi connectivity index (χ2n) is 7.25. The molecule has 1 aliphatic rings. The van der Waals surface area contributed by atoms with E-state index in [4.69, 9.17) is 23.2 Å². The lowest BCUT2D eigenvalue weighted by molar-refractivity contribution is -0.159. The van der Waals surface area contributed by atoms with Crippen molar-refractivity contribution in [2.24, 2.45) is 0 Å². The second-order valence-corrected chi connectivity index (χ2v) is 7.25. The van der Waals surface area contributed by atoms with E-state index >= 15 is 0 Å². The van der Waals surface area contributed by atoms with Gasteiger partial charge >= 0.3 is 5.97 Å². The van der Waals surface area contributed by atoms with Crippen molar-refractivity contribution >= 4 is 5.97 Å². The average Bonchev–Trinajstić information content (AvgIpc) is 3.43. The van der Waals surface area contributed by atoms with E-state index in [0.717, 1.165) is 5.56 Å². The standard InChI is InChI=1S/C23H19N3O6/c1-13-19(20(26-32-13)15-8-4-3-5-9-15)22-25-24-18(31-22)12-28-23(27)21-14(2)29-16-10-6-7-11-17(16)30-21/h3-11,14,21H,12H2,1-2H3/t14-,21-/m0/s1. The molecule has 9 nitrogen and oxygen atoms in total. The fraction of sp³-hybridized carbons (Fsp3) is 0.217. The Morgan fingerprint density at radius 3 is 2.50 bits per heavy atom. The molecule has 0 N–H and O–H groups in total. The maximum atomic E-state index is 12.6. The summed E-state index contributed by atoms with van der Waals surface area (Å²) in [4.78, 5) is 12.6. The Morgan fingerprint density at radius 1 is 1.00 bits per heavy atom. The molecule has 32 heavy (non-hydrogen) atoms. The predicted molar refractivity (Wildman–Crippen MR) is 111 cm³/mol. The van der Waals surface area contributed by atoms with Crippen LogP contribution in [-0.4, -0.2) is 33.5 Å². The number of hydrogen-bond donors (Lipinski definition) is 0. The zero-order chi connectivity index (χ0) is 22.1. The highest BCUT2D eigenvalue weighted by Crippen LogP contribution is 2.35. The Kier molecular flexibility index (Phi) is 5.06. The molecule has 0 aliphatic carbocycles.